The predicted molar refractivity (Wildman–Crippen MR) is 116 cm³/mol. The molecule has 0 radical (unpaired) electrons. The molecule has 2 heterocycles. The summed E-state index contributed by atoms with van der Waals surface area (Å²) >= 11 is 0. The molecule has 0 saturated heterocycles. The molecule has 1 atom stereocenters. The molecule has 1 unspecified atom stereocenters. The lowest BCUT2D eigenvalue weighted by Crippen LogP contribution is -2.40. The fourth-order valence-corrected chi connectivity index (χ4v) is 4.04. The first-order valence-electron chi connectivity index (χ1n) is 10.2. The van der Waals surface area contributed by atoms with Gasteiger partial charge in [-0.3, -0.25) is 4.79 Å². The average Bonchev–Trinajstić information content (AvgIpc) is 3.30. The Morgan fingerprint density at radius 1 is 1.13 bits per heavy atom. The molecule has 2 N–H and O–H groups in total. The van der Waals surface area contributed by atoms with Crippen molar-refractivity contribution >= 4 is 16.9 Å². The quantitative estimate of drug-likeness (QED) is 0.606. The highest BCUT2D eigenvalue weighted by molar-refractivity contribution is 5.99. The third-order valence-electron chi connectivity index (χ3n) is 5.97. The Labute approximate surface area is 176 Å². The Morgan fingerprint density at radius 2 is 1.87 bits per heavy atom. The zero-order valence-electron chi connectivity index (χ0n) is 17.7. The van der Waals surface area contributed by atoms with Crippen molar-refractivity contribution in [2.45, 2.75) is 38.3 Å². The second-order valence-corrected chi connectivity index (χ2v) is 8.25. The van der Waals surface area contributed by atoms with Gasteiger partial charge in [0.05, 0.1) is 20.5 Å². The van der Waals surface area contributed by atoms with Gasteiger partial charge in [-0.05, 0) is 55.5 Å². The lowest BCUT2D eigenvalue weighted by atomic mass is 9.91. The fourth-order valence-electron chi connectivity index (χ4n) is 4.04. The molecule has 0 saturated carbocycles. The number of rotatable bonds is 8. The fraction of sp³-hybridized carbons (Fsp3) is 0.375. The van der Waals surface area contributed by atoms with Crippen molar-refractivity contribution in [1.29, 1.82) is 0 Å². The summed E-state index contributed by atoms with van der Waals surface area (Å²) in [5.41, 5.74) is 9.91. The number of fused-ring (bicyclic) bond motifs is 2. The van der Waals surface area contributed by atoms with E-state index in [-0.39, 0.29) is 11.4 Å². The number of benzene rings is 2. The van der Waals surface area contributed by atoms with Gasteiger partial charge < -0.3 is 24.5 Å². The van der Waals surface area contributed by atoms with Crippen LogP contribution in [0.2, 0.25) is 0 Å². The molecule has 0 fully saturated rings. The van der Waals surface area contributed by atoms with Gasteiger partial charge in [0.25, 0.3) is 5.91 Å². The van der Waals surface area contributed by atoms with Crippen molar-refractivity contribution in [2.75, 3.05) is 20.8 Å². The lowest BCUT2D eigenvalue weighted by Gasteiger charge is -2.27. The molecular weight excluding hydrogens is 380 g/mol. The Balaban J connectivity index is 1.38. The van der Waals surface area contributed by atoms with Crippen molar-refractivity contribution < 1.29 is 18.7 Å². The third-order valence-corrected chi connectivity index (χ3v) is 5.97. The van der Waals surface area contributed by atoms with Crippen LogP contribution in [-0.4, -0.2) is 37.1 Å². The van der Waals surface area contributed by atoms with E-state index in [9.17, 15) is 4.79 Å². The number of carbonyl (C=O) groups excluding carboxylic acids is 1. The number of nitrogens with two attached hydrogens (primary N) is 1. The maximum atomic E-state index is 12.8. The largest absolute Gasteiger partial charge is 0.493 e. The third kappa shape index (κ3) is 3.87. The molecule has 1 aliphatic heterocycles. The van der Waals surface area contributed by atoms with E-state index >= 15 is 0 Å². The lowest BCUT2D eigenvalue weighted by molar-refractivity contribution is 0.0766. The normalized spacial score (nSPS) is 15.3. The number of furan rings is 1. The molecule has 30 heavy (non-hydrogen) atoms. The molecule has 2 aromatic carbocycles. The molecule has 1 aliphatic rings. The van der Waals surface area contributed by atoms with E-state index in [0.29, 0.717) is 30.2 Å². The Kier molecular flexibility index (Phi) is 5.43. The molecule has 0 aliphatic carbocycles. The van der Waals surface area contributed by atoms with Gasteiger partial charge >= 0.3 is 0 Å². The second kappa shape index (κ2) is 8.03. The highest BCUT2D eigenvalue weighted by Gasteiger charge is 2.31. The van der Waals surface area contributed by atoms with Crippen molar-refractivity contribution in [3.8, 4) is 11.5 Å². The Morgan fingerprint density at radius 3 is 2.63 bits per heavy atom. The molecule has 1 amide bonds. The van der Waals surface area contributed by atoms with Gasteiger partial charge in [-0.25, -0.2) is 0 Å². The van der Waals surface area contributed by atoms with Gasteiger partial charge in [-0.1, -0.05) is 18.2 Å². The molecule has 6 nitrogen and oxygen atoms in total. The predicted octanol–water partition coefficient (Wildman–Crippen LogP) is 4.15. The summed E-state index contributed by atoms with van der Waals surface area (Å²) in [6, 6.07) is 11.7. The summed E-state index contributed by atoms with van der Waals surface area (Å²) in [5.74, 6) is 1.23. The van der Waals surface area contributed by atoms with Crippen LogP contribution in [0.3, 0.4) is 0 Å². The van der Waals surface area contributed by atoms with Gasteiger partial charge in [0.15, 0.2) is 11.5 Å². The van der Waals surface area contributed by atoms with Crippen LogP contribution in [0.15, 0.2) is 47.1 Å². The van der Waals surface area contributed by atoms with Crippen LogP contribution in [0.25, 0.3) is 11.0 Å². The van der Waals surface area contributed by atoms with E-state index in [0.717, 1.165) is 35.8 Å². The van der Waals surface area contributed by atoms with Crippen LogP contribution in [0.4, 0.5) is 0 Å². The number of hydrogen-bond donors (Lipinski definition) is 1. The van der Waals surface area contributed by atoms with E-state index in [2.05, 4.69) is 13.0 Å². The van der Waals surface area contributed by atoms with E-state index < -0.39 is 0 Å². The molecule has 1 aromatic heterocycles. The first-order chi connectivity index (χ1) is 14.4. The molecule has 158 valence electrons. The summed E-state index contributed by atoms with van der Waals surface area (Å²) < 4.78 is 16.3. The molecule has 3 aromatic rings. The van der Waals surface area contributed by atoms with Crippen LogP contribution >= 0.6 is 0 Å². The van der Waals surface area contributed by atoms with E-state index in [1.165, 1.54) is 5.56 Å². The highest BCUT2D eigenvalue weighted by Crippen LogP contribution is 2.35. The van der Waals surface area contributed by atoms with Crippen LogP contribution in [0, 0.1) is 0 Å². The van der Waals surface area contributed by atoms with E-state index in [1.54, 1.807) is 20.3 Å². The first kappa shape index (κ1) is 20.3. The number of nitrogens with zero attached hydrogens (tertiary/aromatic N) is 1. The van der Waals surface area contributed by atoms with Crippen LogP contribution in [0.1, 0.15) is 41.3 Å². The summed E-state index contributed by atoms with van der Waals surface area (Å²) in [6.07, 6.45) is 4.19. The van der Waals surface area contributed by atoms with E-state index in [4.69, 9.17) is 19.6 Å². The zero-order valence-corrected chi connectivity index (χ0v) is 17.7. The van der Waals surface area contributed by atoms with E-state index in [1.807, 2.05) is 35.4 Å². The SMILES string of the molecule is COc1cc2c(cc1OC)C(=O)N(CCC(C)(N)CCc1coc3ccccc13)C2. The number of carbonyl (C=O) groups is 1. The molecular formula is C24H28N2O4. The standard InChI is InChI=1S/C24H28N2O4/c1-24(25,9-8-16-15-30-20-7-5-4-6-18(16)20)10-11-26-14-17-12-21(28-2)22(29-3)13-19(17)23(26)27/h4-7,12-13,15H,8-11,14,25H2,1-3H3. The van der Waals surface area contributed by atoms with Crippen molar-refractivity contribution in [3.05, 3.63) is 59.4 Å². The molecule has 6 heteroatoms. The first-order valence-corrected chi connectivity index (χ1v) is 10.2. The monoisotopic (exact) mass is 408 g/mol. The minimum atomic E-state index is -0.386. The van der Waals surface area contributed by atoms with Crippen LogP contribution in [-0.2, 0) is 13.0 Å². The topological polar surface area (TPSA) is 77.9 Å². The van der Waals surface area contributed by atoms with Gasteiger partial charge in [0, 0.05) is 29.6 Å². The zero-order chi connectivity index (χ0) is 21.3. The van der Waals surface area contributed by atoms with Gasteiger partial charge in [0.2, 0.25) is 0 Å². The number of methoxy groups -OCH3 is 2. The minimum absolute atomic E-state index is 0.0163. The van der Waals surface area contributed by atoms with Crippen LogP contribution in [0.5, 0.6) is 11.5 Å². The molecule has 0 bridgehead atoms. The molecule has 4 rings (SSSR count). The number of aryl methyl sites for hydroxylation is 1. The second-order valence-electron chi connectivity index (χ2n) is 8.25. The number of para-hydroxylation sites is 1. The van der Waals surface area contributed by atoms with Crippen molar-refractivity contribution in [2.24, 2.45) is 5.73 Å². The Hall–Kier alpha value is -2.99. The van der Waals surface area contributed by atoms with Gasteiger partial charge in [-0.15, -0.1) is 0 Å². The smallest absolute Gasteiger partial charge is 0.254 e. The minimum Gasteiger partial charge on any atom is -0.493 e. The summed E-state index contributed by atoms with van der Waals surface area (Å²) in [7, 11) is 3.17. The summed E-state index contributed by atoms with van der Waals surface area (Å²) in [6.45, 7) is 3.23. The number of hydrogen-bond acceptors (Lipinski definition) is 5. The summed E-state index contributed by atoms with van der Waals surface area (Å²) in [4.78, 5) is 14.7. The van der Waals surface area contributed by atoms with Gasteiger partial charge in [0.1, 0.15) is 5.58 Å². The molecule has 0 spiro atoms. The highest BCUT2D eigenvalue weighted by atomic mass is 16.5. The van der Waals surface area contributed by atoms with Crippen molar-refractivity contribution in [3.63, 3.8) is 0 Å². The Bertz CT molecular complexity index is 1070. The maximum Gasteiger partial charge on any atom is 0.254 e. The number of ether oxygens (including phenoxy) is 2. The van der Waals surface area contributed by atoms with Crippen molar-refractivity contribution in [1.82, 2.24) is 4.90 Å². The number of amides is 1. The average molecular weight is 408 g/mol. The summed E-state index contributed by atoms with van der Waals surface area (Å²) in [5, 5.41) is 1.14. The maximum absolute atomic E-state index is 12.8. The van der Waals surface area contributed by atoms with Gasteiger partial charge in [-0.2, -0.15) is 0 Å². The van der Waals surface area contributed by atoms with Crippen LogP contribution < -0.4 is 15.2 Å².